The predicted molar refractivity (Wildman–Crippen MR) is 61.5 cm³/mol. The van der Waals surface area contributed by atoms with Crippen molar-refractivity contribution in [2.45, 2.75) is 19.8 Å². The standard InChI is InChI=1S/C12H13NS/c1-2-5-10-7-8-12(14-10)11-6-3-4-9-13-11/h3-4,6-9H,2,5H2,1H3. The molecule has 72 valence electrons. The molecule has 0 saturated carbocycles. The van der Waals surface area contributed by atoms with E-state index in [2.05, 4.69) is 30.1 Å². The SMILES string of the molecule is CCCc1ccc(-c2ccccn2)s1. The van der Waals surface area contributed by atoms with Gasteiger partial charge in [0.1, 0.15) is 0 Å². The van der Waals surface area contributed by atoms with Gasteiger partial charge in [0.25, 0.3) is 0 Å². The summed E-state index contributed by atoms with van der Waals surface area (Å²) in [6.07, 6.45) is 4.23. The summed E-state index contributed by atoms with van der Waals surface area (Å²) in [4.78, 5) is 7.06. The number of hydrogen-bond acceptors (Lipinski definition) is 2. The smallest absolute Gasteiger partial charge is 0.0801 e. The average Bonchev–Trinajstić information content (AvgIpc) is 2.68. The lowest BCUT2D eigenvalue weighted by atomic mass is 10.2. The highest BCUT2D eigenvalue weighted by atomic mass is 32.1. The summed E-state index contributed by atoms with van der Waals surface area (Å²) < 4.78 is 0. The fourth-order valence-electron chi connectivity index (χ4n) is 1.40. The third kappa shape index (κ3) is 2.02. The van der Waals surface area contributed by atoms with Gasteiger partial charge in [0.15, 0.2) is 0 Å². The Balaban J connectivity index is 2.25. The van der Waals surface area contributed by atoms with Crippen LogP contribution in [0.15, 0.2) is 36.5 Å². The van der Waals surface area contributed by atoms with Gasteiger partial charge in [0.05, 0.1) is 10.6 Å². The molecule has 0 bridgehead atoms. The van der Waals surface area contributed by atoms with Crippen LogP contribution in [0.1, 0.15) is 18.2 Å². The van der Waals surface area contributed by atoms with Gasteiger partial charge in [-0.15, -0.1) is 11.3 Å². The second-order valence-corrected chi connectivity index (χ2v) is 4.40. The maximum atomic E-state index is 4.33. The topological polar surface area (TPSA) is 12.9 Å². The minimum atomic E-state index is 1.08. The normalized spacial score (nSPS) is 10.4. The van der Waals surface area contributed by atoms with Crippen molar-refractivity contribution >= 4 is 11.3 Å². The number of pyridine rings is 1. The third-order valence-electron chi connectivity index (χ3n) is 2.08. The molecule has 0 spiro atoms. The molecule has 0 aliphatic carbocycles. The number of nitrogens with zero attached hydrogens (tertiary/aromatic N) is 1. The largest absolute Gasteiger partial charge is 0.255 e. The van der Waals surface area contributed by atoms with Gasteiger partial charge >= 0.3 is 0 Å². The summed E-state index contributed by atoms with van der Waals surface area (Å²) in [6.45, 7) is 2.21. The van der Waals surface area contributed by atoms with Gasteiger partial charge in [-0.3, -0.25) is 4.98 Å². The fraction of sp³-hybridized carbons (Fsp3) is 0.250. The second-order valence-electron chi connectivity index (χ2n) is 3.23. The minimum Gasteiger partial charge on any atom is -0.255 e. The van der Waals surface area contributed by atoms with Crippen LogP contribution in [0.5, 0.6) is 0 Å². The zero-order valence-electron chi connectivity index (χ0n) is 8.23. The molecule has 0 unspecified atom stereocenters. The highest BCUT2D eigenvalue weighted by molar-refractivity contribution is 7.15. The van der Waals surface area contributed by atoms with Crippen molar-refractivity contribution in [3.8, 4) is 10.6 Å². The van der Waals surface area contributed by atoms with Crippen molar-refractivity contribution in [1.29, 1.82) is 0 Å². The monoisotopic (exact) mass is 203 g/mol. The van der Waals surface area contributed by atoms with E-state index in [1.165, 1.54) is 22.6 Å². The first kappa shape index (κ1) is 9.41. The van der Waals surface area contributed by atoms with Crippen LogP contribution in [-0.4, -0.2) is 4.98 Å². The van der Waals surface area contributed by atoms with Crippen LogP contribution in [0.3, 0.4) is 0 Å². The maximum absolute atomic E-state index is 4.33. The molecule has 14 heavy (non-hydrogen) atoms. The van der Waals surface area contributed by atoms with Crippen molar-refractivity contribution in [1.82, 2.24) is 4.98 Å². The first-order valence-corrected chi connectivity index (χ1v) is 5.72. The van der Waals surface area contributed by atoms with Crippen molar-refractivity contribution in [2.24, 2.45) is 0 Å². The van der Waals surface area contributed by atoms with Crippen LogP contribution < -0.4 is 0 Å². The van der Waals surface area contributed by atoms with E-state index < -0.39 is 0 Å². The molecule has 2 heteroatoms. The van der Waals surface area contributed by atoms with Crippen molar-refractivity contribution in [3.05, 3.63) is 41.4 Å². The maximum Gasteiger partial charge on any atom is 0.0801 e. The summed E-state index contributed by atoms with van der Waals surface area (Å²) in [6, 6.07) is 10.4. The van der Waals surface area contributed by atoms with Crippen LogP contribution >= 0.6 is 11.3 Å². The van der Waals surface area contributed by atoms with E-state index >= 15 is 0 Å². The molecule has 0 aliphatic rings. The lowest BCUT2D eigenvalue weighted by molar-refractivity contribution is 0.940. The van der Waals surface area contributed by atoms with Crippen molar-refractivity contribution in [2.75, 3.05) is 0 Å². The molecule has 0 atom stereocenters. The molecule has 0 radical (unpaired) electrons. The summed E-state index contributed by atoms with van der Waals surface area (Å²) >= 11 is 1.85. The molecule has 0 aliphatic heterocycles. The van der Waals surface area contributed by atoms with Gasteiger partial charge < -0.3 is 0 Å². The minimum absolute atomic E-state index is 1.08. The van der Waals surface area contributed by atoms with Gasteiger partial charge in [-0.05, 0) is 30.7 Å². The van der Waals surface area contributed by atoms with Gasteiger partial charge in [0, 0.05) is 11.1 Å². The molecule has 0 amide bonds. The van der Waals surface area contributed by atoms with E-state index in [9.17, 15) is 0 Å². The van der Waals surface area contributed by atoms with Crippen LogP contribution in [-0.2, 0) is 6.42 Å². The van der Waals surface area contributed by atoms with Crippen LogP contribution in [0.4, 0.5) is 0 Å². The molecule has 0 N–H and O–H groups in total. The van der Waals surface area contributed by atoms with Crippen LogP contribution in [0.2, 0.25) is 0 Å². The third-order valence-corrected chi connectivity index (χ3v) is 3.24. The Morgan fingerprint density at radius 2 is 2.14 bits per heavy atom. The number of aryl methyl sites for hydroxylation is 1. The molecule has 1 nitrogen and oxygen atoms in total. The zero-order chi connectivity index (χ0) is 9.80. The van der Waals surface area contributed by atoms with Crippen LogP contribution in [0, 0.1) is 0 Å². The van der Waals surface area contributed by atoms with Gasteiger partial charge in [-0.2, -0.15) is 0 Å². The highest BCUT2D eigenvalue weighted by Gasteiger charge is 2.02. The number of hydrogen-bond donors (Lipinski definition) is 0. The Kier molecular flexibility index (Phi) is 2.94. The van der Waals surface area contributed by atoms with Crippen LogP contribution in [0.25, 0.3) is 10.6 Å². The molecule has 2 aromatic heterocycles. The van der Waals surface area contributed by atoms with Crippen molar-refractivity contribution < 1.29 is 0 Å². The molecule has 0 aromatic carbocycles. The van der Waals surface area contributed by atoms with E-state index in [0.717, 1.165) is 5.69 Å². The number of aromatic nitrogens is 1. The first-order valence-electron chi connectivity index (χ1n) is 4.90. The molecule has 2 heterocycles. The highest BCUT2D eigenvalue weighted by Crippen LogP contribution is 2.26. The van der Waals surface area contributed by atoms with E-state index in [4.69, 9.17) is 0 Å². The van der Waals surface area contributed by atoms with E-state index in [0.29, 0.717) is 0 Å². The second kappa shape index (κ2) is 4.38. The van der Waals surface area contributed by atoms with Crippen molar-refractivity contribution in [3.63, 3.8) is 0 Å². The average molecular weight is 203 g/mol. The Labute approximate surface area is 88.4 Å². The van der Waals surface area contributed by atoms with E-state index in [1.54, 1.807) is 0 Å². The Bertz CT molecular complexity index is 392. The summed E-state index contributed by atoms with van der Waals surface area (Å²) in [5, 5.41) is 0. The molecular weight excluding hydrogens is 190 g/mol. The molecule has 2 aromatic rings. The Hall–Kier alpha value is -1.15. The molecular formula is C12H13NS. The fourth-order valence-corrected chi connectivity index (χ4v) is 2.49. The predicted octanol–water partition coefficient (Wildman–Crippen LogP) is 3.76. The Morgan fingerprint density at radius 3 is 2.86 bits per heavy atom. The zero-order valence-corrected chi connectivity index (χ0v) is 9.05. The van der Waals surface area contributed by atoms with E-state index in [-0.39, 0.29) is 0 Å². The lowest BCUT2D eigenvalue weighted by Crippen LogP contribution is -1.75. The number of rotatable bonds is 3. The lowest BCUT2D eigenvalue weighted by Gasteiger charge is -1.93. The summed E-state index contributed by atoms with van der Waals surface area (Å²) in [7, 11) is 0. The first-order chi connectivity index (χ1) is 6.90. The quantitative estimate of drug-likeness (QED) is 0.740. The molecule has 2 rings (SSSR count). The summed E-state index contributed by atoms with van der Waals surface area (Å²) in [5.41, 5.74) is 1.08. The molecule has 0 saturated heterocycles. The van der Waals surface area contributed by atoms with Gasteiger partial charge in [-0.25, -0.2) is 0 Å². The van der Waals surface area contributed by atoms with E-state index in [1.807, 2.05) is 29.7 Å². The molecule has 0 fully saturated rings. The summed E-state index contributed by atoms with van der Waals surface area (Å²) in [5.74, 6) is 0. The van der Waals surface area contributed by atoms with Gasteiger partial charge in [-0.1, -0.05) is 19.4 Å². The number of thiophene rings is 1. The van der Waals surface area contributed by atoms with Gasteiger partial charge in [0.2, 0.25) is 0 Å². The Morgan fingerprint density at radius 1 is 1.21 bits per heavy atom.